The highest BCUT2D eigenvalue weighted by Crippen LogP contribution is 2.35. The van der Waals surface area contributed by atoms with E-state index in [0.29, 0.717) is 12.4 Å². The van der Waals surface area contributed by atoms with Crippen LogP contribution < -0.4 is 5.32 Å². The Labute approximate surface area is 170 Å². The number of nitrogens with one attached hydrogen (secondary N) is 1. The average molecular weight is 385 g/mol. The summed E-state index contributed by atoms with van der Waals surface area (Å²) in [6, 6.07) is 13.6. The van der Waals surface area contributed by atoms with E-state index < -0.39 is 0 Å². The van der Waals surface area contributed by atoms with Crippen LogP contribution in [0.1, 0.15) is 35.7 Å². The van der Waals surface area contributed by atoms with Crippen molar-refractivity contribution in [2.45, 2.75) is 25.8 Å². The van der Waals surface area contributed by atoms with Gasteiger partial charge in [-0.15, -0.1) is 0 Å². The van der Waals surface area contributed by atoms with Crippen LogP contribution >= 0.6 is 0 Å². The molecule has 0 saturated carbocycles. The van der Waals surface area contributed by atoms with Crippen LogP contribution in [-0.4, -0.2) is 32.3 Å². The number of aryl methyl sites for hydroxylation is 1. The highest BCUT2D eigenvalue weighted by molar-refractivity contribution is 5.92. The normalized spacial score (nSPS) is 16.3. The number of nitrogens with zero attached hydrogens (tertiary/aromatic N) is 4. The third-order valence-corrected chi connectivity index (χ3v) is 5.04. The predicted octanol–water partition coefficient (Wildman–Crippen LogP) is 4.30. The first-order chi connectivity index (χ1) is 14.2. The minimum Gasteiger partial charge on any atom is -0.330 e. The summed E-state index contributed by atoms with van der Waals surface area (Å²) in [6.07, 6.45) is 10.4. The van der Waals surface area contributed by atoms with Crippen molar-refractivity contribution < 1.29 is 4.79 Å². The summed E-state index contributed by atoms with van der Waals surface area (Å²) < 4.78 is 0. The summed E-state index contributed by atoms with van der Waals surface area (Å²) >= 11 is 0. The van der Waals surface area contributed by atoms with Crippen molar-refractivity contribution in [3.05, 3.63) is 84.0 Å². The molecule has 0 spiro atoms. The van der Waals surface area contributed by atoms with Crippen LogP contribution in [0.3, 0.4) is 0 Å². The molecule has 29 heavy (non-hydrogen) atoms. The van der Waals surface area contributed by atoms with Crippen molar-refractivity contribution >= 4 is 23.6 Å². The maximum absolute atomic E-state index is 12.9. The first kappa shape index (κ1) is 18.8. The Balaban J connectivity index is 1.57. The van der Waals surface area contributed by atoms with E-state index in [2.05, 4.69) is 20.3 Å². The molecule has 6 heteroatoms. The maximum Gasteiger partial charge on any atom is 0.247 e. The van der Waals surface area contributed by atoms with Crippen molar-refractivity contribution in [3.8, 4) is 0 Å². The molecule has 146 valence electrons. The summed E-state index contributed by atoms with van der Waals surface area (Å²) in [5.74, 6) is 1.38. The van der Waals surface area contributed by atoms with Crippen molar-refractivity contribution in [1.29, 1.82) is 0 Å². The van der Waals surface area contributed by atoms with Crippen LogP contribution in [0.25, 0.3) is 6.08 Å². The van der Waals surface area contributed by atoms with Crippen LogP contribution in [0.4, 0.5) is 11.6 Å². The van der Waals surface area contributed by atoms with Crippen molar-refractivity contribution in [1.82, 2.24) is 19.9 Å². The summed E-state index contributed by atoms with van der Waals surface area (Å²) in [6.45, 7) is 2.70. The molecule has 1 aliphatic heterocycles. The van der Waals surface area contributed by atoms with E-state index in [-0.39, 0.29) is 11.9 Å². The number of aromatic nitrogens is 3. The highest BCUT2D eigenvalue weighted by Gasteiger charge is 2.32. The van der Waals surface area contributed by atoms with Crippen LogP contribution in [0.2, 0.25) is 0 Å². The molecule has 1 aliphatic rings. The largest absolute Gasteiger partial charge is 0.330 e. The van der Waals surface area contributed by atoms with Crippen LogP contribution in [0.15, 0.2) is 67.1 Å². The van der Waals surface area contributed by atoms with Gasteiger partial charge in [-0.1, -0.05) is 36.4 Å². The van der Waals surface area contributed by atoms with E-state index >= 15 is 0 Å². The highest BCUT2D eigenvalue weighted by atomic mass is 16.2. The van der Waals surface area contributed by atoms with Gasteiger partial charge in [0, 0.05) is 31.2 Å². The Kier molecular flexibility index (Phi) is 5.61. The Morgan fingerprint density at radius 1 is 1.03 bits per heavy atom. The second-order valence-corrected chi connectivity index (χ2v) is 7.02. The van der Waals surface area contributed by atoms with Gasteiger partial charge in [0.25, 0.3) is 0 Å². The average Bonchev–Trinajstić information content (AvgIpc) is 3.25. The number of rotatable bonds is 5. The van der Waals surface area contributed by atoms with E-state index in [0.717, 1.165) is 35.5 Å². The van der Waals surface area contributed by atoms with Gasteiger partial charge in [-0.25, -0.2) is 9.97 Å². The number of carbonyl (C=O) groups is 1. The standard InChI is InChI=1S/C23H23N5O/c1-17-7-5-13-25-22(17)27-23-21(24-14-15-26-23)19-10-6-16-28(19)20(29)12-11-18-8-3-2-4-9-18/h2-5,7-9,11-15,19H,6,10,16H2,1H3,(H,25,26,27). The first-order valence-electron chi connectivity index (χ1n) is 9.75. The monoisotopic (exact) mass is 385 g/mol. The molecule has 0 radical (unpaired) electrons. The Morgan fingerprint density at radius 3 is 2.66 bits per heavy atom. The number of anilines is 2. The Bertz CT molecular complexity index is 1020. The fourth-order valence-electron chi connectivity index (χ4n) is 3.56. The van der Waals surface area contributed by atoms with Gasteiger partial charge in [0.2, 0.25) is 5.91 Å². The maximum atomic E-state index is 12.9. The number of carbonyl (C=O) groups excluding carboxylic acids is 1. The fourth-order valence-corrected chi connectivity index (χ4v) is 3.56. The molecular weight excluding hydrogens is 362 g/mol. The molecule has 6 nitrogen and oxygen atoms in total. The summed E-state index contributed by atoms with van der Waals surface area (Å²) in [5, 5.41) is 3.29. The number of pyridine rings is 1. The van der Waals surface area contributed by atoms with Crippen molar-refractivity contribution in [2.75, 3.05) is 11.9 Å². The summed E-state index contributed by atoms with van der Waals surface area (Å²) in [4.78, 5) is 28.2. The van der Waals surface area contributed by atoms with Gasteiger partial charge in [0.1, 0.15) is 11.5 Å². The SMILES string of the molecule is Cc1cccnc1Nc1nccnc1C1CCCN1C(=O)C=Cc1ccccc1. The molecule has 1 aromatic carbocycles. The Morgan fingerprint density at radius 2 is 1.83 bits per heavy atom. The Hall–Kier alpha value is -3.54. The molecule has 1 N–H and O–H groups in total. The molecule has 1 unspecified atom stereocenters. The molecule has 1 amide bonds. The van der Waals surface area contributed by atoms with Gasteiger partial charge in [0.05, 0.1) is 6.04 Å². The molecule has 2 aromatic heterocycles. The second-order valence-electron chi connectivity index (χ2n) is 7.02. The zero-order chi connectivity index (χ0) is 20.1. The number of hydrogen-bond acceptors (Lipinski definition) is 5. The minimum atomic E-state index is -0.108. The predicted molar refractivity (Wildman–Crippen MR) is 113 cm³/mol. The van der Waals surface area contributed by atoms with E-state index in [1.165, 1.54) is 0 Å². The number of amides is 1. The van der Waals surface area contributed by atoms with E-state index in [1.54, 1.807) is 24.7 Å². The molecule has 3 aromatic rings. The van der Waals surface area contributed by atoms with E-state index in [9.17, 15) is 4.79 Å². The van der Waals surface area contributed by atoms with Crippen LogP contribution in [0.5, 0.6) is 0 Å². The molecule has 1 saturated heterocycles. The number of hydrogen-bond donors (Lipinski definition) is 1. The van der Waals surface area contributed by atoms with Gasteiger partial charge >= 0.3 is 0 Å². The molecule has 1 atom stereocenters. The quantitative estimate of drug-likeness (QED) is 0.663. The van der Waals surface area contributed by atoms with Gasteiger partial charge < -0.3 is 10.2 Å². The van der Waals surface area contributed by atoms with Crippen LogP contribution in [0, 0.1) is 6.92 Å². The van der Waals surface area contributed by atoms with E-state index in [4.69, 9.17) is 0 Å². The lowest BCUT2D eigenvalue weighted by atomic mass is 10.1. The van der Waals surface area contributed by atoms with E-state index in [1.807, 2.05) is 60.4 Å². The summed E-state index contributed by atoms with van der Waals surface area (Å²) in [5.41, 5.74) is 2.80. The van der Waals surface area contributed by atoms with Gasteiger partial charge in [-0.05, 0) is 43.0 Å². The van der Waals surface area contributed by atoms with Crippen LogP contribution in [-0.2, 0) is 4.79 Å². The number of likely N-dealkylation sites (tertiary alicyclic amines) is 1. The first-order valence-corrected chi connectivity index (χ1v) is 9.75. The molecule has 3 heterocycles. The van der Waals surface area contributed by atoms with Gasteiger partial charge in [-0.2, -0.15) is 0 Å². The number of benzene rings is 1. The lowest BCUT2D eigenvalue weighted by Crippen LogP contribution is -2.30. The van der Waals surface area contributed by atoms with Gasteiger partial charge in [0.15, 0.2) is 5.82 Å². The molecule has 1 fully saturated rings. The van der Waals surface area contributed by atoms with Crippen molar-refractivity contribution in [2.24, 2.45) is 0 Å². The lowest BCUT2D eigenvalue weighted by Gasteiger charge is -2.24. The summed E-state index contributed by atoms with van der Waals surface area (Å²) in [7, 11) is 0. The van der Waals surface area contributed by atoms with Crippen molar-refractivity contribution in [3.63, 3.8) is 0 Å². The smallest absolute Gasteiger partial charge is 0.247 e. The zero-order valence-electron chi connectivity index (χ0n) is 16.3. The van der Waals surface area contributed by atoms with Gasteiger partial charge in [-0.3, -0.25) is 9.78 Å². The second kappa shape index (κ2) is 8.65. The molecule has 4 rings (SSSR count). The third-order valence-electron chi connectivity index (χ3n) is 5.04. The third kappa shape index (κ3) is 4.32. The zero-order valence-corrected chi connectivity index (χ0v) is 16.3. The minimum absolute atomic E-state index is 0.0121. The fraction of sp³-hybridized carbons (Fsp3) is 0.217. The lowest BCUT2D eigenvalue weighted by molar-refractivity contribution is -0.126. The molecule has 0 bridgehead atoms. The molecular formula is C23H23N5O. The topological polar surface area (TPSA) is 71.0 Å². The molecule has 0 aliphatic carbocycles.